The summed E-state index contributed by atoms with van der Waals surface area (Å²) in [6.07, 6.45) is 5.36. The van der Waals surface area contributed by atoms with E-state index in [-0.39, 0.29) is 0 Å². The van der Waals surface area contributed by atoms with Gasteiger partial charge in [0.05, 0.1) is 6.04 Å². The highest BCUT2D eigenvalue weighted by atomic mass is 15.3. The lowest BCUT2D eigenvalue weighted by molar-refractivity contribution is 0.587. The molecule has 1 saturated carbocycles. The molecule has 0 aromatic carbocycles. The van der Waals surface area contributed by atoms with Crippen LogP contribution in [0, 0.1) is 0 Å². The lowest BCUT2D eigenvalue weighted by atomic mass is 10.2. The van der Waals surface area contributed by atoms with Gasteiger partial charge in [0.1, 0.15) is 0 Å². The van der Waals surface area contributed by atoms with Crippen molar-refractivity contribution in [3.63, 3.8) is 0 Å². The predicted octanol–water partition coefficient (Wildman–Crippen LogP) is 1.25. The Labute approximate surface area is 80.0 Å². The van der Waals surface area contributed by atoms with Gasteiger partial charge in [-0.2, -0.15) is 0 Å². The summed E-state index contributed by atoms with van der Waals surface area (Å²) in [5.74, 6) is 1.02. The van der Waals surface area contributed by atoms with Gasteiger partial charge in [0, 0.05) is 12.1 Å². The highest BCUT2D eigenvalue weighted by Crippen LogP contribution is 2.18. The maximum Gasteiger partial charge on any atom is 0.192 e. The van der Waals surface area contributed by atoms with Crippen LogP contribution in [-0.2, 0) is 0 Å². The van der Waals surface area contributed by atoms with Gasteiger partial charge < -0.3 is 10.6 Å². The Morgan fingerprint density at radius 3 is 2.54 bits per heavy atom. The molecule has 3 heteroatoms. The predicted molar refractivity (Wildman–Crippen MR) is 54.9 cm³/mol. The number of rotatable bonds is 1. The van der Waals surface area contributed by atoms with E-state index in [1.807, 2.05) is 0 Å². The Morgan fingerprint density at radius 2 is 2.00 bits per heavy atom. The van der Waals surface area contributed by atoms with Crippen LogP contribution in [0.5, 0.6) is 0 Å². The summed E-state index contributed by atoms with van der Waals surface area (Å²) in [5.41, 5.74) is 0. The molecule has 2 unspecified atom stereocenters. The zero-order valence-electron chi connectivity index (χ0n) is 8.51. The minimum absolute atomic E-state index is 0.420. The van der Waals surface area contributed by atoms with Crippen molar-refractivity contribution in [3.05, 3.63) is 0 Å². The number of hydrogen-bond acceptors (Lipinski definition) is 3. The van der Waals surface area contributed by atoms with Gasteiger partial charge in [-0.15, -0.1) is 0 Å². The Bertz CT molecular complexity index is 206. The van der Waals surface area contributed by atoms with Crippen LogP contribution in [0.4, 0.5) is 0 Å². The van der Waals surface area contributed by atoms with Gasteiger partial charge >= 0.3 is 0 Å². The molecule has 1 fully saturated rings. The Kier molecular flexibility index (Phi) is 2.42. The third-order valence-corrected chi connectivity index (χ3v) is 3.12. The summed E-state index contributed by atoms with van der Waals surface area (Å²) in [6, 6.07) is 1.58. The highest BCUT2D eigenvalue weighted by molar-refractivity contribution is 5.82. The molecule has 0 saturated heterocycles. The summed E-state index contributed by atoms with van der Waals surface area (Å²) in [7, 11) is 0. The molecule has 2 aliphatic rings. The lowest BCUT2D eigenvalue weighted by Crippen LogP contribution is -2.42. The van der Waals surface area contributed by atoms with Gasteiger partial charge in [0.15, 0.2) is 5.96 Å². The molecule has 0 aromatic rings. The first-order valence-corrected chi connectivity index (χ1v) is 5.36. The Balaban J connectivity index is 1.85. The van der Waals surface area contributed by atoms with Crippen LogP contribution in [0.15, 0.2) is 4.99 Å². The van der Waals surface area contributed by atoms with Gasteiger partial charge in [-0.3, -0.25) is 0 Å². The second-order valence-corrected chi connectivity index (χ2v) is 4.28. The van der Waals surface area contributed by atoms with Gasteiger partial charge in [0.25, 0.3) is 0 Å². The maximum absolute atomic E-state index is 4.53. The number of guanidine groups is 1. The minimum atomic E-state index is 0.420. The lowest BCUT2D eigenvalue weighted by Gasteiger charge is -2.14. The zero-order valence-corrected chi connectivity index (χ0v) is 8.51. The van der Waals surface area contributed by atoms with E-state index in [4.69, 9.17) is 0 Å². The molecule has 74 valence electrons. The summed E-state index contributed by atoms with van der Waals surface area (Å²) in [5, 5.41) is 6.85. The molecule has 1 aliphatic carbocycles. The molecule has 3 nitrogen and oxygen atoms in total. The standard InChI is InChI=1S/C10H19N3/c1-7-8(2)12-10(11-7)13-9-5-3-4-6-9/h7-9H,3-6H2,1-2H3,(H2,11,12,13). The van der Waals surface area contributed by atoms with Crippen molar-refractivity contribution in [3.8, 4) is 0 Å². The number of nitrogens with zero attached hydrogens (tertiary/aromatic N) is 1. The molecule has 0 amide bonds. The van der Waals surface area contributed by atoms with Crippen LogP contribution in [0.1, 0.15) is 39.5 Å². The summed E-state index contributed by atoms with van der Waals surface area (Å²) >= 11 is 0. The van der Waals surface area contributed by atoms with Crippen LogP contribution in [0.2, 0.25) is 0 Å². The molecule has 2 atom stereocenters. The topological polar surface area (TPSA) is 36.4 Å². The second kappa shape index (κ2) is 3.56. The van der Waals surface area contributed by atoms with Crippen molar-refractivity contribution in [1.82, 2.24) is 10.6 Å². The minimum Gasteiger partial charge on any atom is -0.354 e. The fourth-order valence-corrected chi connectivity index (χ4v) is 2.03. The normalized spacial score (nSPS) is 34.5. The zero-order chi connectivity index (χ0) is 9.26. The van der Waals surface area contributed by atoms with E-state index in [2.05, 4.69) is 29.5 Å². The van der Waals surface area contributed by atoms with Crippen molar-refractivity contribution in [2.45, 2.75) is 57.7 Å². The maximum atomic E-state index is 4.53. The van der Waals surface area contributed by atoms with Crippen molar-refractivity contribution in [2.24, 2.45) is 4.99 Å². The smallest absolute Gasteiger partial charge is 0.192 e. The van der Waals surface area contributed by atoms with E-state index in [0.717, 1.165) is 5.96 Å². The molecule has 2 N–H and O–H groups in total. The van der Waals surface area contributed by atoms with E-state index in [9.17, 15) is 0 Å². The molecule has 0 radical (unpaired) electrons. The molecular formula is C10H19N3. The Morgan fingerprint density at radius 1 is 1.31 bits per heavy atom. The SMILES string of the molecule is CC1N=C(NC2CCCC2)NC1C. The van der Waals surface area contributed by atoms with Crippen LogP contribution in [0.3, 0.4) is 0 Å². The molecule has 0 bridgehead atoms. The van der Waals surface area contributed by atoms with Crippen LogP contribution in [-0.4, -0.2) is 24.1 Å². The van der Waals surface area contributed by atoms with E-state index in [1.165, 1.54) is 25.7 Å². The first kappa shape index (κ1) is 8.85. The summed E-state index contributed by atoms with van der Waals surface area (Å²) in [6.45, 7) is 4.33. The Hall–Kier alpha value is -0.730. The number of nitrogens with one attached hydrogen (secondary N) is 2. The van der Waals surface area contributed by atoms with Crippen molar-refractivity contribution in [1.29, 1.82) is 0 Å². The first-order valence-electron chi connectivity index (χ1n) is 5.36. The van der Waals surface area contributed by atoms with E-state index >= 15 is 0 Å². The van der Waals surface area contributed by atoms with Gasteiger partial charge in [-0.1, -0.05) is 12.8 Å². The third kappa shape index (κ3) is 1.95. The fourth-order valence-electron chi connectivity index (χ4n) is 2.03. The third-order valence-electron chi connectivity index (χ3n) is 3.12. The summed E-state index contributed by atoms with van der Waals surface area (Å²) < 4.78 is 0. The van der Waals surface area contributed by atoms with Crippen LogP contribution < -0.4 is 10.6 Å². The van der Waals surface area contributed by atoms with E-state index in [1.54, 1.807) is 0 Å². The van der Waals surface area contributed by atoms with Gasteiger partial charge in [-0.05, 0) is 26.7 Å². The van der Waals surface area contributed by atoms with Gasteiger partial charge in [0.2, 0.25) is 0 Å². The van der Waals surface area contributed by atoms with Crippen molar-refractivity contribution in [2.75, 3.05) is 0 Å². The van der Waals surface area contributed by atoms with E-state index < -0.39 is 0 Å². The molecule has 0 aromatic heterocycles. The molecule has 1 aliphatic heterocycles. The largest absolute Gasteiger partial charge is 0.354 e. The second-order valence-electron chi connectivity index (χ2n) is 4.28. The molecule has 2 rings (SSSR count). The van der Waals surface area contributed by atoms with Crippen molar-refractivity contribution < 1.29 is 0 Å². The fraction of sp³-hybridized carbons (Fsp3) is 0.900. The number of aliphatic imine (C=N–C) groups is 1. The molecule has 0 spiro atoms. The van der Waals surface area contributed by atoms with Crippen LogP contribution >= 0.6 is 0 Å². The first-order chi connectivity index (χ1) is 6.25. The average Bonchev–Trinajstić information content (AvgIpc) is 2.64. The molecule has 1 heterocycles. The molecular weight excluding hydrogens is 162 g/mol. The van der Waals surface area contributed by atoms with Gasteiger partial charge in [-0.25, -0.2) is 4.99 Å². The quantitative estimate of drug-likeness (QED) is 0.639. The summed E-state index contributed by atoms with van der Waals surface area (Å²) in [4.78, 5) is 4.53. The molecule has 13 heavy (non-hydrogen) atoms. The average molecular weight is 181 g/mol. The van der Waals surface area contributed by atoms with E-state index in [0.29, 0.717) is 18.1 Å². The van der Waals surface area contributed by atoms with Crippen LogP contribution in [0.25, 0.3) is 0 Å². The number of hydrogen-bond donors (Lipinski definition) is 2. The van der Waals surface area contributed by atoms with Crippen molar-refractivity contribution >= 4 is 5.96 Å². The highest BCUT2D eigenvalue weighted by Gasteiger charge is 2.23. The monoisotopic (exact) mass is 181 g/mol.